The Balaban J connectivity index is 1.95. The fourth-order valence-electron chi connectivity index (χ4n) is 2.19. The molecule has 0 spiro atoms. The summed E-state index contributed by atoms with van der Waals surface area (Å²) in [7, 11) is -3.83. The number of hydrogen-bond acceptors (Lipinski definition) is 4. The predicted molar refractivity (Wildman–Crippen MR) is 87.9 cm³/mol. The lowest BCUT2D eigenvalue weighted by Crippen LogP contribution is -2.34. The standard InChI is InChI=1S/C17H17FN2O3S/c18-17-7-6-14(10-19)8-15(17)12-24(22,23)20-11-16(21)9-13-4-2-1-3-5-13/h1-8,16,20-21H,9,11-12H2. The Kier molecular flexibility index (Phi) is 6.04. The molecule has 2 aromatic carbocycles. The highest BCUT2D eigenvalue weighted by atomic mass is 32.2. The molecule has 126 valence electrons. The van der Waals surface area contributed by atoms with E-state index in [0.717, 1.165) is 11.6 Å². The van der Waals surface area contributed by atoms with Crippen LogP contribution in [0, 0.1) is 17.1 Å². The van der Waals surface area contributed by atoms with Crippen molar-refractivity contribution in [3.8, 4) is 6.07 Å². The Morgan fingerprint density at radius 1 is 1.21 bits per heavy atom. The zero-order valence-electron chi connectivity index (χ0n) is 12.8. The average molecular weight is 348 g/mol. The molecule has 2 N–H and O–H groups in total. The summed E-state index contributed by atoms with van der Waals surface area (Å²) >= 11 is 0. The summed E-state index contributed by atoms with van der Waals surface area (Å²) in [5.41, 5.74) is 0.988. The van der Waals surface area contributed by atoms with Crippen molar-refractivity contribution in [1.82, 2.24) is 4.72 Å². The van der Waals surface area contributed by atoms with E-state index >= 15 is 0 Å². The number of nitrogens with one attached hydrogen (secondary N) is 1. The first kappa shape index (κ1) is 18.1. The normalized spacial score (nSPS) is 12.5. The van der Waals surface area contributed by atoms with Crippen LogP contribution >= 0.6 is 0 Å². The highest BCUT2D eigenvalue weighted by molar-refractivity contribution is 7.88. The second kappa shape index (κ2) is 8.02. The van der Waals surface area contributed by atoms with Crippen LogP contribution in [0.15, 0.2) is 48.5 Å². The quantitative estimate of drug-likeness (QED) is 0.797. The maximum absolute atomic E-state index is 13.7. The number of hydrogen-bond donors (Lipinski definition) is 2. The van der Waals surface area contributed by atoms with Crippen molar-refractivity contribution in [1.29, 1.82) is 5.26 Å². The van der Waals surface area contributed by atoms with Crippen molar-refractivity contribution in [3.63, 3.8) is 0 Å². The predicted octanol–water partition coefficient (Wildman–Crippen LogP) is 1.72. The van der Waals surface area contributed by atoms with Crippen molar-refractivity contribution in [2.75, 3.05) is 6.54 Å². The van der Waals surface area contributed by atoms with E-state index in [1.807, 2.05) is 36.4 Å². The number of aliphatic hydroxyl groups is 1. The third kappa shape index (κ3) is 5.42. The van der Waals surface area contributed by atoms with Gasteiger partial charge < -0.3 is 5.11 Å². The van der Waals surface area contributed by atoms with Crippen LogP contribution in [-0.4, -0.2) is 26.2 Å². The van der Waals surface area contributed by atoms with Crippen molar-refractivity contribution in [2.24, 2.45) is 0 Å². The first-order chi connectivity index (χ1) is 11.4. The molecule has 2 aromatic rings. The minimum Gasteiger partial charge on any atom is -0.391 e. The maximum Gasteiger partial charge on any atom is 0.215 e. The van der Waals surface area contributed by atoms with Gasteiger partial charge in [0.2, 0.25) is 10.0 Å². The summed E-state index contributed by atoms with van der Waals surface area (Å²) in [6.45, 7) is -0.170. The van der Waals surface area contributed by atoms with E-state index in [9.17, 15) is 17.9 Å². The van der Waals surface area contributed by atoms with E-state index in [2.05, 4.69) is 4.72 Å². The van der Waals surface area contributed by atoms with Gasteiger partial charge in [0.05, 0.1) is 23.5 Å². The second-order valence-corrected chi connectivity index (χ2v) is 7.18. The molecular weight excluding hydrogens is 331 g/mol. The molecule has 0 amide bonds. The summed E-state index contributed by atoms with van der Waals surface area (Å²) in [5.74, 6) is -1.28. The van der Waals surface area contributed by atoms with Crippen LogP contribution in [0.3, 0.4) is 0 Å². The molecule has 1 unspecified atom stereocenters. The molecule has 0 aromatic heterocycles. The number of halogens is 1. The molecule has 24 heavy (non-hydrogen) atoms. The minimum atomic E-state index is -3.83. The van der Waals surface area contributed by atoms with Gasteiger partial charge in [-0.3, -0.25) is 0 Å². The van der Waals surface area contributed by atoms with Crippen LogP contribution in [0.4, 0.5) is 4.39 Å². The number of aliphatic hydroxyl groups excluding tert-OH is 1. The highest BCUT2D eigenvalue weighted by Crippen LogP contribution is 2.13. The van der Waals surface area contributed by atoms with Gasteiger partial charge in [0, 0.05) is 12.1 Å². The lowest BCUT2D eigenvalue weighted by Gasteiger charge is -2.13. The van der Waals surface area contributed by atoms with Gasteiger partial charge in [-0.25, -0.2) is 17.5 Å². The average Bonchev–Trinajstić information content (AvgIpc) is 2.56. The number of nitrogens with zero attached hydrogens (tertiary/aromatic N) is 1. The monoisotopic (exact) mass is 348 g/mol. The molecular formula is C17H17FN2O3S. The fraction of sp³-hybridized carbons (Fsp3) is 0.235. The molecule has 0 bridgehead atoms. The number of nitriles is 1. The van der Waals surface area contributed by atoms with Crippen LogP contribution in [0.5, 0.6) is 0 Å². The third-order valence-electron chi connectivity index (χ3n) is 3.37. The maximum atomic E-state index is 13.7. The molecule has 0 aliphatic rings. The molecule has 7 heteroatoms. The van der Waals surface area contributed by atoms with E-state index < -0.39 is 27.7 Å². The van der Waals surface area contributed by atoms with Crippen molar-refractivity contribution >= 4 is 10.0 Å². The van der Waals surface area contributed by atoms with Gasteiger partial charge in [-0.05, 0) is 30.2 Å². The summed E-state index contributed by atoms with van der Waals surface area (Å²) in [4.78, 5) is 0. The summed E-state index contributed by atoms with van der Waals surface area (Å²) in [6.07, 6.45) is -0.584. The first-order valence-electron chi connectivity index (χ1n) is 7.27. The van der Waals surface area contributed by atoms with Gasteiger partial charge in [0.1, 0.15) is 5.82 Å². The van der Waals surface area contributed by atoms with Gasteiger partial charge in [-0.1, -0.05) is 30.3 Å². The number of benzene rings is 2. The van der Waals surface area contributed by atoms with Crippen molar-refractivity contribution in [3.05, 3.63) is 71.0 Å². The molecule has 1 atom stereocenters. The molecule has 0 radical (unpaired) electrons. The van der Waals surface area contributed by atoms with Gasteiger partial charge in [0.15, 0.2) is 0 Å². The fourth-order valence-corrected chi connectivity index (χ4v) is 3.37. The smallest absolute Gasteiger partial charge is 0.215 e. The topological polar surface area (TPSA) is 90.2 Å². The molecule has 2 rings (SSSR count). The van der Waals surface area contributed by atoms with Gasteiger partial charge in [0.25, 0.3) is 0 Å². The van der Waals surface area contributed by atoms with Crippen LogP contribution in [0.1, 0.15) is 16.7 Å². The Morgan fingerprint density at radius 3 is 2.58 bits per heavy atom. The van der Waals surface area contributed by atoms with Crippen molar-refractivity contribution in [2.45, 2.75) is 18.3 Å². The highest BCUT2D eigenvalue weighted by Gasteiger charge is 2.17. The van der Waals surface area contributed by atoms with E-state index in [4.69, 9.17) is 5.26 Å². The van der Waals surface area contributed by atoms with Crippen LogP contribution in [0.2, 0.25) is 0 Å². The summed E-state index contributed by atoms with van der Waals surface area (Å²) in [6, 6.07) is 14.6. The Morgan fingerprint density at radius 2 is 1.92 bits per heavy atom. The van der Waals surface area contributed by atoms with Crippen LogP contribution in [0.25, 0.3) is 0 Å². The van der Waals surface area contributed by atoms with Crippen molar-refractivity contribution < 1.29 is 17.9 Å². The minimum absolute atomic E-state index is 0.0842. The second-order valence-electron chi connectivity index (χ2n) is 5.37. The lowest BCUT2D eigenvalue weighted by molar-refractivity contribution is 0.179. The largest absolute Gasteiger partial charge is 0.391 e. The Hall–Kier alpha value is -2.27. The summed E-state index contributed by atoms with van der Waals surface area (Å²) < 4.78 is 40.0. The molecule has 5 nitrogen and oxygen atoms in total. The van der Waals surface area contributed by atoms with E-state index in [-0.39, 0.29) is 17.7 Å². The molecule has 0 heterocycles. The number of sulfonamides is 1. The molecule has 0 aliphatic carbocycles. The molecule has 0 saturated carbocycles. The van der Waals surface area contributed by atoms with E-state index in [0.29, 0.717) is 6.42 Å². The van der Waals surface area contributed by atoms with Gasteiger partial charge in [-0.15, -0.1) is 0 Å². The Labute approximate surface area is 140 Å². The zero-order valence-corrected chi connectivity index (χ0v) is 13.6. The van der Waals surface area contributed by atoms with Crippen LogP contribution < -0.4 is 4.72 Å². The molecule has 0 saturated heterocycles. The number of rotatable bonds is 7. The zero-order chi connectivity index (χ0) is 17.6. The van der Waals surface area contributed by atoms with Crippen LogP contribution in [-0.2, 0) is 22.2 Å². The SMILES string of the molecule is N#Cc1ccc(F)c(CS(=O)(=O)NCC(O)Cc2ccccc2)c1. The van der Waals surface area contributed by atoms with Gasteiger partial charge in [-0.2, -0.15) is 5.26 Å². The summed E-state index contributed by atoms with van der Waals surface area (Å²) in [5, 5.41) is 18.7. The Bertz CT molecular complexity index is 833. The van der Waals surface area contributed by atoms with Gasteiger partial charge >= 0.3 is 0 Å². The molecule has 0 fully saturated rings. The lowest BCUT2D eigenvalue weighted by atomic mass is 10.1. The third-order valence-corrected chi connectivity index (χ3v) is 4.67. The van der Waals surface area contributed by atoms with E-state index in [1.165, 1.54) is 12.1 Å². The molecule has 0 aliphatic heterocycles. The first-order valence-corrected chi connectivity index (χ1v) is 8.93. The van der Waals surface area contributed by atoms with E-state index in [1.54, 1.807) is 0 Å².